The van der Waals surface area contributed by atoms with E-state index < -0.39 is 16.1 Å². The van der Waals surface area contributed by atoms with Crippen LogP contribution in [0.2, 0.25) is 5.02 Å². The number of nitrogens with zero attached hydrogens (tertiary/aromatic N) is 2. The molecule has 1 atom stereocenters. The number of ether oxygens (including phenoxy) is 1. The minimum atomic E-state index is -3.45. The zero-order valence-electron chi connectivity index (χ0n) is 16.8. The maximum absolute atomic E-state index is 12.6. The Hall–Kier alpha value is -2.29. The summed E-state index contributed by atoms with van der Waals surface area (Å²) in [5.74, 6) is 0.102. The van der Waals surface area contributed by atoms with Crippen molar-refractivity contribution in [1.82, 2.24) is 9.62 Å². The summed E-state index contributed by atoms with van der Waals surface area (Å²) in [6, 6.07) is 16.5. The third kappa shape index (κ3) is 6.10. The SMILES string of the molecule is CC(Oc1ccccc1)C(=O)NCCS(=O)(=O)N1CCN(c2ccc(Cl)cc2)CC1. The van der Waals surface area contributed by atoms with Crippen LogP contribution in [-0.2, 0) is 14.8 Å². The summed E-state index contributed by atoms with van der Waals surface area (Å²) in [4.78, 5) is 14.3. The van der Waals surface area contributed by atoms with E-state index in [9.17, 15) is 13.2 Å². The summed E-state index contributed by atoms with van der Waals surface area (Å²) in [5.41, 5.74) is 1.02. The maximum Gasteiger partial charge on any atom is 0.260 e. The van der Waals surface area contributed by atoms with Crippen molar-refractivity contribution in [2.75, 3.05) is 43.4 Å². The second-order valence-electron chi connectivity index (χ2n) is 7.04. The van der Waals surface area contributed by atoms with Crippen LogP contribution in [0.4, 0.5) is 5.69 Å². The second-order valence-corrected chi connectivity index (χ2v) is 9.57. The number of benzene rings is 2. The van der Waals surface area contributed by atoms with E-state index >= 15 is 0 Å². The monoisotopic (exact) mass is 451 g/mol. The number of halogens is 1. The van der Waals surface area contributed by atoms with Crippen LogP contribution in [-0.4, -0.2) is 63.2 Å². The number of nitrogens with one attached hydrogen (secondary N) is 1. The van der Waals surface area contributed by atoms with Crippen molar-refractivity contribution in [3.8, 4) is 5.75 Å². The first-order valence-electron chi connectivity index (χ1n) is 9.83. The predicted molar refractivity (Wildman–Crippen MR) is 119 cm³/mol. The molecule has 30 heavy (non-hydrogen) atoms. The average molecular weight is 452 g/mol. The smallest absolute Gasteiger partial charge is 0.260 e. The van der Waals surface area contributed by atoms with Gasteiger partial charge in [0.25, 0.3) is 5.91 Å². The van der Waals surface area contributed by atoms with Crippen LogP contribution in [0.1, 0.15) is 6.92 Å². The molecule has 1 N–H and O–H groups in total. The van der Waals surface area contributed by atoms with Crippen LogP contribution in [0.15, 0.2) is 54.6 Å². The molecule has 0 spiro atoms. The molecule has 2 aromatic rings. The summed E-state index contributed by atoms with van der Waals surface area (Å²) < 4.78 is 32.3. The van der Waals surface area contributed by atoms with Gasteiger partial charge in [0.15, 0.2) is 6.10 Å². The molecule has 3 rings (SSSR count). The van der Waals surface area contributed by atoms with E-state index in [-0.39, 0.29) is 18.2 Å². The van der Waals surface area contributed by atoms with Crippen LogP contribution >= 0.6 is 11.6 Å². The Bertz CT molecular complexity index is 930. The fourth-order valence-corrected chi connectivity index (χ4v) is 4.67. The summed E-state index contributed by atoms with van der Waals surface area (Å²) >= 11 is 5.92. The molecule has 7 nitrogen and oxygen atoms in total. The van der Waals surface area contributed by atoms with Crippen molar-refractivity contribution in [2.45, 2.75) is 13.0 Å². The van der Waals surface area contributed by atoms with E-state index in [0.717, 1.165) is 5.69 Å². The number of amides is 1. The Morgan fingerprint density at radius 2 is 1.70 bits per heavy atom. The summed E-state index contributed by atoms with van der Waals surface area (Å²) in [6.45, 7) is 3.71. The number of hydrogen-bond donors (Lipinski definition) is 1. The van der Waals surface area contributed by atoms with Gasteiger partial charge in [-0.1, -0.05) is 29.8 Å². The van der Waals surface area contributed by atoms with E-state index in [0.29, 0.717) is 37.0 Å². The van der Waals surface area contributed by atoms with Crippen molar-refractivity contribution in [2.24, 2.45) is 0 Å². The van der Waals surface area contributed by atoms with Gasteiger partial charge in [-0.2, -0.15) is 4.31 Å². The van der Waals surface area contributed by atoms with Gasteiger partial charge in [0.2, 0.25) is 10.0 Å². The van der Waals surface area contributed by atoms with E-state index in [1.54, 1.807) is 19.1 Å². The van der Waals surface area contributed by atoms with E-state index in [2.05, 4.69) is 10.2 Å². The fraction of sp³-hybridized carbons (Fsp3) is 0.381. The number of piperazine rings is 1. The van der Waals surface area contributed by atoms with Crippen LogP contribution < -0.4 is 15.0 Å². The Kier molecular flexibility index (Phi) is 7.58. The van der Waals surface area contributed by atoms with Gasteiger partial charge in [-0.15, -0.1) is 0 Å². The minimum Gasteiger partial charge on any atom is -0.481 e. The first-order chi connectivity index (χ1) is 14.3. The van der Waals surface area contributed by atoms with Gasteiger partial charge in [-0.25, -0.2) is 8.42 Å². The highest BCUT2D eigenvalue weighted by Gasteiger charge is 2.27. The van der Waals surface area contributed by atoms with Crippen LogP contribution in [0, 0.1) is 0 Å². The van der Waals surface area contributed by atoms with Crippen LogP contribution in [0.3, 0.4) is 0 Å². The highest BCUT2D eigenvalue weighted by atomic mass is 35.5. The topological polar surface area (TPSA) is 78.9 Å². The van der Waals surface area contributed by atoms with Crippen molar-refractivity contribution in [3.63, 3.8) is 0 Å². The van der Waals surface area contributed by atoms with E-state index in [1.165, 1.54) is 4.31 Å². The van der Waals surface area contributed by atoms with Crippen molar-refractivity contribution in [1.29, 1.82) is 0 Å². The molecule has 1 heterocycles. The van der Waals surface area contributed by atoms with Gasteiger partial charge in [0.1, 0.15) is 5.75 Å². The average Bonchev–Trinajstić information content (AvgIpc) is 2.75. The fourth-order valence-electron chi connectivity index (χ4n) is 3.21. The molecule has 0 aromatic heterocycles. The lowest BCUT2D eigenvalue weighted by Crippen LogP contribution is -2.50. The number of anilines is 1. The number of para-hydroxylation sites is 1. The predicted octanol–water partition coefficient (Wildman–Crippen LogP) is 2.38. The zero-order valence-corrected chi connectivity index (χ0v) is 18.4. The quantitative estimate of drug-likeness (QED) is 0.666. The van der Waals surface area contributed by atoms with Crippen LogP contribution in [0.5, 0.6) is 5.75 Å². The van der Waals surface area contributed by atoms with Crippen molar-refractivity contribution >= 4 is 33.2 Å². The first-order valence-corrected chi connectivity index (χ1v) is 11.8. The zero-order chi connectivity index (χ0) is 21.6. The molecule has 1 amide bonds. The summed E-state index contributed by atoms with van der Waals surface area (Å²) in [6.07, 6.45) is -0.710. The summed E-state index contributed by atoms with van der Waals surface area (Å²) in [7, 11) is -3.45. The Balaban J connectivity index is 1.43. The van der Waals surface area contributed by atoms with Gasteiger partial charge in [0.05, 0.1) is 5.75 Å². The molecular weight excluding hydrogens is 426 g/mol. The molecule has 1 aliphatic rings. The standard InChI is InChI=1S/C21H26ClN3O4S/c1-17(29-20-5-3-2-4-6-20)21(26)23-11-16-30(27,28)25-14-12-24(13-15-25)19-9-7-18(22)8-10-19/h2-10,17H,11-16H2,1H3,(H,23,26). The number of rotatable bonds is 8. The molecule has 0 radical (unpaired) electrons. The van der Waals surface area contributed by atoms with Crippen molar-refractivity contribution < 1.29 is 17.9 Å². The molecule has 9 heteroatoms. The van der Waals surface area contributed by atoms with Gasteiger partial charge >= 0.3 is 0 Å². The molecule has 0 bridgehead atoms. The lowest BCUT2D eigenvalue weighted by atomic mass is 10.2. The molecule has 0 saturated carbocycles. The Morgan fingerprint density at radius 3 is 2.33 bits per heavy atom. The highest BCUT2D eigenvalue weighted by molar-refractivity contribution is 7.89. The number of hydrogen-bond acceptors (Lipinski definition) is 5. The molecule has 1 saturated heterocycles. The largest absolute Gasteiger partial charge is 0.481 e. The highest BCUT2D eigenvalue weighted by Crippen LogP contribution is 2.20. The molecule has 0 aliphatic carbocycles. The third-order valence-corrected chi connectivity index (χ3v) is 7.03. The summed E-state index contributed by atoms with van der Waals surface area (Å²) in [5, 5.41) is 3.32. The Labute approximate surface area is 182 Å². The van der Waals surface area contributed by atoms with Gasteiger partial charge < -0.3 is 15.0 Å². The first kappa shape index (κ1) is 22.4. The minimum absolute atomic E-state index is 0.0427. The second kappa shape index (κ2) is 10.1. The Morgan fingerprint density at radius 1 is 1.07 bits per heavy atom. The van der Waals surface area contributed by atoms with Gasteiger partial charge in [-0.05, 0) is 43.3 Å². The number of carbonyl (C=O) groups excluding carboxylic acids is 1. The lowest BCUT2D eigenvalue weighted by Gasteiger charge is -2.35. The molecule has 2 aromatic carbocycles. The number of carbonyl (C=O) groups is 1. The normalized spacial score (nSPS) is 16.1. The lowest BCUT2D eigenvalue weighted by molar-refractivity contribution is -0.127. The van der Waals surface area contributed by atoms with Gasteiger partial charge in [-0.3, -0.25) is 4.79 Å². The van der Waals surface area contributed by atoms with E-state index in [1.807, 2.05) is 42.5 Å². The molecule has 162 valence electrons. The molecule has 1 unspecified atom stereocenters. The van der Waals surface area contributed by atoms with Crippen LogP contribution in [0.25, 0.3) is 0 Å². The maximum atomic E-state index is 12.6. The number of sulfonamides is 1. The molecular formula is C21H26ClN3O4S. The molecule has 1 fully saturated rings. The van der Waals surface area contributed by atoms with Gasteiger partial charge in [0, 0.05) is 43.4 Å². The third-order valence-electron chi connectivity index (χ3n) is 4.91. The van der Waals surface area contributed by atoms with E-state index in [4.69, 9.17) is 16.3 Å². The van der Waals surface area contributed by atoms with Crippen molar-refractivity contribution in [3.05, 3.63) is 59.6 Å². The molecule has 1 aliphatic heterocycles.